The summed E-state index contributed by atoms with van der Waals surface area (Å²) in [5, 5.41) is 2.89. The van der Waals surface area contributed by atoms with Gasteiger partial charge in [0.1, 0.15) is 11.6 Å². The van der Waals surface area contributed by atoms with E-state index in [9.17, 15) is 14.0 Å². The first-order chi connectivity index (χ1) is 14.6. The normalized spacial score (nSPS) is 16.6. The molecular weight excluding hydrogens is 385 g/mol. The van der Waals surface area contributed by atoms with Crippen molar-refractivity contribution in [1.82, 2.24) is 14.8 Å². The number of aromatic nitrogens is 1. The molecule has 3 heterocycles. The first-order valence-electron chi connectivity index (χ1n) is 10.4. The average molecular weight is 411 g/mol. The molecule has 4 rings (SSSR count). The van der Waals surface area contributed by atoms with Gasteiger partial charge in [-0.15, -0.1) is 0 Å². The van der Waals surface area contributed by atoms with Crippen molar-refractivity contribution in [3.63, 3.8) is 0 Å². The van der Waals surface area contributed by atoms with Gasteiger partial charge in [-0.3, -0.25) is 4.79 Å². The van der Waals surface area contributed by atoms with Gasteiger partial charge in [-0.05, 0) is 42.7 Å². The zero-order chi connectivity index (χ0) is 20.9. The maximum absolute atomic E-state index is 13.0. The molecule has 7 nitrogen and oxygen atoms in total. The number of carbonyl (C=O) groups is 2. The summed E-state index contributed by atoms with van der Waals surface area (Å²) < 4.78 is 13.0. The van der Waals surface area contributed by atoms with Crippen LogP contribution in [-0.4, -0.2) is 66.0 Å². The molecule has 2 aromatic rings. The Kier molecular flexibility index (Phi) is 6.11. The van der Waals surface area contributed by atoms with E-state index in [1.807, 2.05) is 12.1 Å². The topological polar surface area (TPSA) is 68.8 Å². The van der Waals surface area contributed by atoms with Crippen LogP contribution in [0.2, 0.25) is 0 Å². The summed E-state index contributed by atoms with van der Waals surface area (Å²) in [5.74, 6) is 0.619. The molecule has 2 aliphatic heterocycles. The molecule has 8 heteroatoms. The summed E-state index contributed by atoms with van der Waals surface area (Å²) in [6.45, 7) is 3.98. The van der Waals surface area contributed by atoms with E-state index >= 15 is 0 Å². The van der Waals surface area contributed by atoms with Crippen molar-refractivity contribution in [2.75, 3.05) is 49.5 Å². The Hall–Kier alpha value is -3.16. The van der Waals surface area contributed by atoms with Gasteiger partial charge in [0.05, 0.1) is 18.3 Å². The number of carbonyl (C=O) groups excluding carboxylic acids is 2. The number of anilines is 2. The highest BCUT2D eigenvalue weighted by Crippen LogP contribution is 2.19. The van der Waals surface area contributed by atoms with Crippen LogP contribution in [0.4, 0.5) is 20.7 Å². The van der Waals surface area contributed by atoms with Crippen LogP contribution >= 0.6 is 0 Å². The molecule has 2 aliphatic rings. The molecule has 30 heavy (non-hydrogen) atoms. The third-order valence-corrected chi connectivity index (χ3v) is 5.62. The molecule has 1 N–H and O–H groups in total. The van der Waals surface area contributed by atoms with Gasteiger partial charge in [-0.2, -0.15) is 0 Å². The van der Waals surface area contributed by atoms with Crippen molar-refractivity contribution >= 4 is 23.4 Å². The van der Waals surface area contributed by atoms with E-state index < -0.39 is 0 Å². The Morgan fingerprint density at radius 1 is 0.900 bits per heavy atom. The number of hydrogen-bond acceptors (Lipinski definition) is 4. The Morgan fingerprint density at radius 3 is 2.20 bits per heavy atom. The Bertz CT molecular complexity index is 873. The molecule has 158 valence electrons. The van der Waals surface area contributed by atoms with Crippen LogP contribution in [0.5, 0.6) is 0 Å². The molecule has 1 aromatic carbocycles. The van der Waals surface area contributed by atoms with Crippen molar-refractivity contribution in [1.29, 1.82) is 0 Å². The van der Waals surface area contributed by atoms with Crippen LogP contribution < -0.4 is 10.2 Å². The smallest absolute Gasteiger partial charge is 0.322 e. The maximum Gasteiger partial charge on any atom is 0.322 e. The minimum Gasteiger partial charge on any atom is -0.357 e. The largest absolute Gasteiger partial charge is 0.357 e. The summed E-state index contributed by atoms with van der Waals surface area (Å²) in [5.41, 5.74) is 1.45. The molecule has 2 saturated heterocycles. The molecule has 1 aromatic heterocycles. The van der Waals surface area contributed by atoms with E-state index in [1.165, 1.54) is 25.0 Å². The summed E-state index contributed by atoms with van der Waals surface area (Å²) >= 11 is 0. The molecule has 3 amide bonds. The predicted molar refractivity (Wildman–Crippen MR) is 113 cm³/mol. The quantitative estimate of drug-likeness (QED) is 0.840. The zero-order valence-electron chi connectivity index (χ0n) is 16.9. The highest BCUT2D eigenvalue weighted by molar-refractivity contribution is 5.89. The second-order valence-corrected chi connectivity index (χ2v) is 7.70. The lowest BCUT2D eigenvalue weighted by Gasteiger charge is -2.34. The number of benzene rings is 1. The molecule has 0 unspecified atom stereocenters. The van der Waals surface area contributed by atoms with E-state index in [-0.39, 0.29) is 24.2 Å². The minimum atomic E-state index is -0.313. The van der Waals surface area contributed by atoms with Gasteiger partial charge >= 0.3 is 6.03 Å². The van der Waals surface area contributed by atoms with Gasteiger partial charge in [0, 0.05) is 39.3 Å². The first kappa shape index (κ1) is 20.1. The fourth-order valence-electron chi connectivity index (χ4n) is 3.84. The van der Waals surface area contributed by atoms with E-state index in [0.29, 0.717) is 31.9 Å². The fraction of sp³-hybridized carbons (Fsp3) is 0.409. The van der Waals surface area contributed by atoms with Gasteiger partial charge in [0.25, 0.3) is 0 Å². The molecule has 0 atom stereocenters. The number of nitrogens with zero attached hydrogens (tertiary/aromatic N) is 4. The van der Waals surface area contributed by atoms with Crippen LogP contribution in [0, 0.1) is 5.82 Å². The summed E-state index contributed by atoms with van der Waals surface area (Å²) in [4.78, 5) is 35.2. The maximum atomic E-state index is 13.0. The monoisotopic (exact) mass is 411 g/mol. The number of rotatable bonds is 4. The van der Waals surface area contributed by atoms with Gasteiger partial charge in [0.2, 0.25) is 5.91 Å². The average Bonchev–Trinajstić information content (AvgIpc) is 3.31. The summed E-state index contributed by atoms with van der Waals surface area (Å²) in [6, 6.07) is 9.60. The molecule has 0 spiro atoms. The lowest BCUT2D eigenvalue weighted by molar-refractivity contribution is -0.131. The van der Waals surface area contributed by atoms with Crippen LogP contribution in [0.3, 0.4) is 0 Å². The third-order valence-electron chi connectivity index (χ3n) is 5.62. The SMILES string of the molecule is O=C(Cc1ccc(F)cc1)N1CCN(C(=O)Nc2ccc(N3CCCC3)nc2)CC1. The first-order valence-corrected chi connectivity index (χ1v) is 10.4. The minimum absolute atomic E-state index is 0.0108. The van der Waals surface area contributed by atoms with E-state index in [1.54, 1.807) is 28.1 Å². The van der Waals surface area contributed by atoms with Crippen LogP contribution in [0.1, 0.15) is 18.4 Å². The second-order valence-electron chi connectivity index (χ2n) is 7.70. The Balaban J connectivity index is 1.24. The third kappa shape index (κ3) is 4.87. The molecule has 0 bridgehead atoms. The molecule has 0 aliphatic carbocycles. The number of hydrogen-bond donors (Lipinski definition) is 1. The second kappa shape index (κ2) is 9.11. The van der Waals surface area contributed by atoms with E-state index in [0.717, 1.165) is 24.5 Å². The number of halogens is 1. The Labute approximate surface area is 175 Å². The highest BCUT2D eigenvalue weighted by Gasteiger charge is 2.24. The lowest BCUT2D eigenvalue weighted by Crippen LogP contribution is -2.52. The number of piperazine rings is 1. The van der Waals surface area contributed by atoms with Crippen molar-refractivity contribution in [2.45, 2.75) is 19.3 Å². The van der Waals surface area contributed by atoms with Gasteiger partial charge < -0.3 is 20.0 Å². The van der Waals surface area contributed by atoms with Crippen molar-refractivity contribution < 1.29 is 14.0 Å². The predicted octanol–water partition coefficient (Wildman–Crippen LogP) is 2.74. The summed E-state index contributed by atoms with van der Waals surface area (Å²) in [7, 11) is 0. The summed E-state index contributed by atoms with van der Waals surface area (Å²) in [6.07, 6.45) is 4.31. The van der Waals surface area contributed by atoms with E-state index in [4.69, 9.17) is 0 Å². The Morgan fingerprint density at radius 2 is 1.57 bits per heavy atom. The lowest BCUT2D eigenvalue weighted by atomic mass is 10.1. The van der Waals surface area contributed by atoms with Crippen LogP contribution in [0.15, 0.2) is 42.6 Å². The van der Waals surface area contributed by atoms with Crippen LogP contribution in [-0.2, 0) is 11.2 Å². The number of amides is 3. The number of pyridine rings is 1. The van der Waals surface area contributed by atoms with Crippen molar-refractivity contribution in [3.8, 4) is 0 Å². The van der Waals surface area contributed by atoms with Crippen LogP contribution in [0.25, 0.3) is 0 Å². The highest BCUT2D eigenvalue weighted by atomic mass is 19.1. The van der Waals surface area contributed by atoms with Gasteiger partial charge in [-0.1, -0.05) is 12.1 Å². The fourth-order valence-corrected chi connectivity index (χ4v) is 3.84. The molecular formula is C22H26FN5O2. The standard InChI is InChI=1S/C22H26FN5O2/c23-18-5-3-17(4-6-18)15-21(29)27-11-13-28(14-12-27)22(30)25-19-7-8-20(24-16-19)26-9-1-2-10-26/h3-8,16H,1-2,9-15H2,(H,25,30). The van der Waals surface area contributed by atoms with Gasteiger partial charge in [0.15, 0.2) is 0 Å². The molecule has 0 saturated carbocycles. The molecule has 0 radical (unpaired) electrons. The number of urea groups is 1. The number of nitrogens with one attached hydrogen (secondary N) is 1. The van der Waals surface area contributed by atoms with E-state index in [2.05, 4.69) is 15.2 Å². The van der Waals surface area contributed by atoms with Crippen molar-refractivity contribution in [3.05, 3.63) is 54.0 Å². The zero-order valence-corrected chi connectivity index (χ0v) is 16.9. The van der Waals surface area contributed by atoms with Crippen molar-refractivity contribution in [2.24, 2.45) is 0 Å². The van der Waals surface area contributed by atoms with Gasteiger partial charge in [-0.25, -0.2) is 14.2 Å². The molecule has 2 fully saturated rings.